The van der Waals surface area contributed by atoms with Crippen molar-refractivity contribution in [3.63, 3.8) is 0 Å². The van der Waals surface area contributed by atoms with E-state index in [-0.39, 0.29) is 18.0 Å². The van der Waals surface area contributed by atoms with Crippen molar-refractivity contribution in [1.29, 1.82) is 0 Å². The molecule has 1 saturated heterocycles. The number of ether oxygens (including phenoxy) is 1. The molecule has 40 heavy (non-hydrogen) atoms. The number of furan rings is 1. The van der Waals surface area contributed by atoms with E-state index in [4.69, 9.17) is 44.6 Å². The molecule has 2 atom stereocenters. The summed E-state index contributed by atoms with van der Waals surface area (Å²) in [5.41, 5.74) is 2.30. The van der Waals surface area contributed by atoms with E-state index < -0.39 is 5.41 Å². The van der Waals surface area contributed by atoms with Crippen LogP contribution in [0.15, 0.2) is 77.3 Å². The predicted octanol–water partition coefficient (Wildman–Crippen LogP) is 7.82. The number of nitrogens with zero attached hydrogens (tertiary/aromatic N) is 2. The maximum absolute atomic E-state index is 12.7. The van der Waals surface area contributed by atoms with E-state index in [9.17, 15) is 4.79 Å². The highest BCUT2D eigenvalue weighted by molar-refractivity contribution is 7.80. The number of methoxy groups -OCH3 is 1. The van der Waals surface area contributed by atoms with Gasteiger partial charge in [0, 0.05) is 34.0 Å². The zero-order valence-corrected chi connectivity index (χ0v) is 24.7. The summed E-state index contributed by atoms with van der Waals surface area (Å²) < 4.78 is 12.1. The Morgan fingerprint density at radius 2 is 1.90 bits per heavy atom. The molecular weight excluding hydrogens is 567 g/mol. The summed E-state index contributed by atoms with van der Waals surface area (Å²) in [6.07, 6.45) is 1.75. The molecule has 2 aromatic heterocycles. The Morgan fingerprint density at radius 1 is 1.10 bits per heavy atom. The molecule has 1 aliphatic rings. The monoisotopic (exact) mass is 594 g/mol. The van der Waals surface area contributed by atoms with Gasteiger partial charge in [0.25, 0.3) is 0 Å². The number of thiocarbonyl (C=S) groups is 1. The quantitative estimate of drug-likeness (QED) is 0.220. The molecule has 1 amide bonds. The molecule has 5 rings (SSSR count). The number of nitrogens with one attached hydrogen (secondary N) is 2. The molecule has 0 unspecified atom stereocenters. The Labute approximate surface area is 248 Å². The summed E-state index contributed by atoms with van der Waals surface area (Å²) >= 11 is 18.4. The zero-order chi connectivity index (χ0) is 28.6. The number of aromatic nitrogens is 1. The standard InChI is InChI=1S/C30H28Cl2N4O3S/c1-30(2,3)28(37)34-21-11-9-18(16-25(21)38-4)36-27(26(35-29(36)40)22-7-5-6-14-33-22)24-13-12-23(39-24)19-10-8-17(31)15-20(19)32/h5-16,26-27H,1-4H3,(H,34,37)(H,35,40)/t26-,27-/m1/s1. The minimum atomic E-state index is -0.560. The summed E-state index contributed by atoms with van der Waals surface area (Å²) in [7, 11) is 1.56. The van der Waals surface area contributed by atoms with Crippen molar-refractivity contribution >= 4 is 57.8 Å². The second kappa shape index (κ2) is 11.1. The Kier molecular flexibility index (Phi) is 7.77. The number of amides is 1. The van der Waals surface area contributed by atoms with Crippen LogP contribution in [-0.2, 0) is 4.79 Å². The van der Waals surface area contributed by atoms with E-state index in [1.807, 2.05) is 80.3 Å². The van der Waals surface area contributed by atoms with Crippen LogP contribution < -0.4 is 20.3 Å². The molecule has 1 aliphatic heterocycles. The highest BCUT2D eigenvalue weighted by Crippen LogP contribution is 2.45. The van der Waals surface area contributed by atoms with Crippen LogP contribution in [0, 0.1) is 5.41 Å². The molecule has 2 aromatic carbocycles. The van der Waals surface area contributed by atoms with E-state index in [2.05, 4.69) is 15.6 Å². The molecule has 1 fully saturated rings. The van der Waals surface area contributed by atoms with Crippen molar-refractivity contribution in [2.75, 3.05) is 17.3 Å². The van der Waals surface area contributed by atoms with Crippen molar-refractivity contribution in [2.45, 2.75) is 32.9 Å². The topological polar surface area (TPSA) is 79.6 Å². The molecule has 0 spiro atoms. The first kappa shape index (κ1) is 28.0. The number of halogens is 2. The fraction of sp³-hybridized carbons (Fsp3) is 0.233. The van der Waals surface area contributed by atoms with E-state index in [1.54, 1.807) is 25.4 Å². The first-order chi connectivity index (χ1) is 19.1. The third-order valence-corrected chi connectivity index (χ3v) is 7.47. The average Bonchev–Trinajstić information content (AvgIpc) is 3.53. The molecule has 0 radical (unpaired) electrons. The average molecular weight is 596 g/mol. The summed E-state index contributed by atoms with van der Waals surface area (Å²) in [6, 6.07) is 19.7. The maximum atomic E-state index is 12.7. The third-order valence-electron chi connectivity index (χ3n) is 6.61. The van der Waals surface area contributed by atoms with Gasteiger partial charge < -0.3 is 24.7 Å². The van der Waals surface area contributed by atoms with Gasteiger partial charge in [0.15, 0.2) is 5.11 Å². The number of carbonyl (C=O) groups is 1. The molecular formula is C30H28Cl2N4O3S. The van der Waals surface area contributed by atoms with Crippen molar-refractivity contribution < 1.29 is 13.9 Å². The highest BCUT2D eigenvalue weighted by atomic mass is 35.5. The van der Waals surface area contributed by atoms with Crippen LogP contribution in [0.2, 0.25) is 10.0 Å². The van der Waals surface area contributed by atoms with Gasteiger partial charge in [-0.2, -0.15) is 0 Å². The van der Waals surface area contributed by atoms with E-state index in [0.29, 0.717) is 38.1 Å². The van der Waals surface area contributed by atoms with Crippen LogP contribution in [0.3, 0.4) is 0 Å². The maximum Gasteiger partial charge on any atom is 0.229 e. The smallest absolute Gasteiger partial charge is 0.229 e. The van der Waals surface area contributed by atoms with Crippen LogP contribution in [0.5, 0.6) is 5.75 Å². The van der Waals surface area contributed by atoms with Gasteiger partial charge in [-0.15, -0.1) is 0 Å². The number of rotatable bonds is 6. The number of benzene rings is 2. The van der Waals surface area contributed by atoms with Gasteiger partial charge in [-0.25, -0.2) is 0 Å². The van der Waals surface area contributed by atoms with Gasteiger partial charge in [-0.1, -0.05) is 50.0 Å². The first-order valence-corrected chi connectivity index (χ1v) is 13.8. The Balaban J connectivity index is 1.57. The second-order valence-corrected chi connectivity index (χ2v) is 11.6. The number of pyridine rings is 1. The number of hydrogen-bond acceptors (Lipinski definition) is 5. The van der Waals surface area contributed by atoms with Gasteiger partial charge in [0.2, 0.25) is 5.91 Å². The molecule has 0 saturated carbocycles. The van der Waals surface area contributed by atoms with Crippen molar-refractivity contribution in [3.05, 3.63) is 94.4 Å². The fourth-order valence-electron chi connectivity index (χ4n) is 4.51. The molecule has 206 valence electrons. The van der Waals surface area contributed by atoms with Gasteiger partial charge >= 0.3 is 0 Å². The number of hydrogen-bond donors (Lipinski definition) is 2. The normalized spacial score (nSPS) is 17.1. The van der Waals surface area contributed by atoms with Crippen molar-refractivity contribution in [3.8, 4) is 17.1 Å². The Bertz CT molecular complexity index is 1570. The van der Waals surface area contributed by atoms with Gasteiger partial charge in [0.1, 0.15) is 23.3 Å². The van der Waals surface area contributed by atoms with Gasteiger partial charge in [-0.05, 0) is 66.8 Å². The van der Waals surface area contributed by atoms with Crippen LogP contribution in [0.4, 0.5) is 11.4 Å². The second-order valence-electron chi connectivity index (χ2n) is 10.4. The van der Waals surface area contributed by atoms with Gasteiger partial charge in [0.05, 0.1) is 29.6 Å². The summed E-state index contributed by atoms with van der Waals surface area (Å²) in [6.45, 7) is 5.57. The van der Waals surface area contributed by atoms with Crippen molar-refractivity contribution in [1.82, 2.24) is 10.3 Å². The fourth-order valence-corrected chi connectivity index (χ4v) is 5.36. The molecule has 0 aliphatic carbocycles. The van der Waals surface area contributed by atoms with E-state index in [1.165, 1.54) is 0 Å². The summed E-state index contributed by atoms with van der Waals surface area (Å²) in [5, 5.41) is 7.91. The lowest BCUT2D eigenvalue weighted by atomic mass is 9.95. The minimum absolute atomic E-state index is 0.117. The Hall–Kier alpha value is -3.59. The largest absolute Gasteiger partial charge is 0.494 e. The Morgan fingerprint density at radius 3 is 2.58 bits per heavy atom. The van der Waals surface area contributed by atoms with Crippen LogP contribution >= 0.6 is 35.4 Å². The van der Waals surface area contributed by atoms with Crippen LogP contribution in [0.25, 0.3) is 11.3 Å². The van der Waals surface area contributed by atoms with E-state index >= 15 is 0 Å². The van der Waals surface area contributed by atoms with Crippen LogP contribution in [0.1, 0.15) is 44.3 Å². The molecule has 0 bridgehead atoms. The molecule has 10 heteroatoms. The highest BCUT2D eigenvalue weighted by Gasteiger charge is 2.43. The lowest BCUT2D eigenvalue weighted by molar-refractivity contribution is -0.123. The van der Waals surface area contributed by atoms with Crippen molar-refractivity contribution in [2.24, 2.45) is 5.41 Å². The summed E-state index contributed by atoms with van der Waals surface area (Å²) in [5.74, 6) is 1.65. The zero-order valence-electron chi connectivity index (χ0n) is 22.4. The number of carbonyl (C=O) groups excluding carboxylic acids is 1. The molecule has 7 nitrogen and oxygen atoms in total. The summed E-state index contributed by atoms with van der Waals surface area (Å²) in [4.78, 5) is 19.2. The first-order valence-electron chi connectivity index (χ1n) is 12.6. The number of anilines is 2. The predicted molar refractivity (Wildman–Crippen MR) is 163 cm³/mol. The van der Waals surface area contributed by atoms with Gasteiger partial charge in [-0.3, -0.25) is 9.78 Å². The van der Waals surface area contributed by atoms with E-state index in [0.717, 1.165) is 16.9 Å². The molecule has 2 N–H and O–H groups in total. The third kappa shape index (κ3) is 5.52. The SMILES string of the molecule is COc1cc(N2C(=S)N[C@H](c3ccccn3)[C@H]2c2ccc(-c3ccc(Cl)cc3Cl)o2)ccc1NC(=O)C(C)(C)C. The lowest BCUT2D eigenvalue weighted by Gasteiger charge is -2.27. The van der Waals surface area contributed by atoms with Crippen LogP contribution in [-0.4, -0.2) is 23.1 Å². The lowest BCUT2D eigenvalue weighted by Crippen LogP contribution is -2.30. The molecule has 3 heterocycles. The minimum Gasteiger partial charge on any atom is -0.494 e. The molecule has 4 aromatic rings.